The zero-order valence-electron chi connectivity index (χ0n) is 21.6. The summed E-state index contributed by atoms with van der Waals surface area (Å²) in [5.41, 5.74) is 2.82. The second-order valence-corrected chi connectivity index (χ2v) is 10.5. The molecule has 1 amide bonds. The van der Waals surface area contributed by atoms with E-state index in [0.717, 1.165) is 17.4 Å². The van der Waals surface area contributed by atoms with E-state index in [1.807, 2.05) is 20.8 Å². The minimum atomic E-state index is -1.27. The molecule has 2 aliphatic rings. The molecule has 0 saturated carbocycles. The molecule has 0 bridgehead atoms. The number of benzene rings is 1. The van der Waals surface area contributed by atoms with Crippen LogP contribution in [0.4, 0.5) is 0 Å². The summed E-state index contributed by atoms with van der Waals surface area (Å²) >= 11 is 0. The molecule has 37 heavy (non-hydrogen) atoms. The van der Waals surface area contributed by atoms with Crippen LogP contribution in [0.3, 0.4) is 0 Å². The average molecular weight is 512 g/mol. The van der Waals surface area contributed by atoms with Crippen molar-refractivity contribution >= 4 is 34.6 Å². The highest BCUT2D eigenvalue weighted by molar-refractivity contribution is 6.07. The molecule has 0 aliphatic carbocycles. The van der Waals surface area contributed by atoms with Gasteiger partial charge in [0, 0.05) is 29.9 Å². The van der Waals surface area contributed by atoms with Gasteiger partial charge in [-0.3, -0.25) is 9.59 Å². The molecule has 0 unspecified atom stereocenters. The van der Waals surface area contributed by atoms with Crippen molar-refractivity contribution in [3.63, 3.8) is 0 Å². The van der Waals surface area contributed by atoms with Gasteiger partial charge < -0.3 is 29.1 Å². The molecule has 2 aliphatic heterocycles. The Morgan fingerprint density at radius 2 is 1.95 bits per heavy atom. The predicted molar refractivity (Wildman–Crippen MR) is 135 cm³/mol. The lowest BCUT2D eigenvalue weighted by molar-refractivity contribution is -0.143. The maximum atomic E-state index is 13.3. The van der Waals surface area contributed by atoms with Gasteiger partial charge in [0.05, 0.1) is 23.8 Å². The first-order chi connectivity index (χ1) is 17.4. The summed E-state index contributed by atoms with van der Waals surface area (Å²) < 4.78 is 12.6. The molecule has 198 valence electrons. The van der Waals surface area contributed by atoms with E-state index < -0.39 is 29.5 Å². The largest absolute Gasteiger partial charge is 0.486 e. The number of nitrogens with zero attached hydrogens (tertiary/aromatic N) is 1. The summed E-state index contributed by atoms with van der Waals surface area (Å²) in [4.78, 5) is 49.4. The number of carboxylic acids is 2. The third kappa shape index (κ3) is 4.99. The molecule has 0 radical (unpaired) electrons. The summed E-state index contributed by atoms with van der Waals surface area (Å²) in [5, 5.41) is 19.5. The average Bonchev–Trinajstić information content (AvgIpc) is 3.36. The lowest BCUT2D eigenvalue weighted by Crippen LogP contribution is -2.42. The van der Waals surface area contributed by atoms with Crippen molar-refractivity contribution in [2.75, 3.05) is 0 Å². The summed E-state index contributed by atoms with van der Waals surface area (Å²) in [7, 11) is 0. The highest BCUT2D eigenvalue weighted by atomic mass is 16.5. The number of furan rings is 1. The molecule has 4 rings (SSSR count). The molecule has 3 atom stereocenters. The van der Waals surface area contributed by atoms with Gasteiger partial charge in [0.1, 0.15) is 28.8 Å². The van der Waals surface area contributed by atoms with Crippen molar-refractivity contribution in [1.82, 2.24) is 4.90 Å². The number of hydrogen-bond acceptors (Lipinski definition) is 6. The SMILES string of the molecule is CC(=O)CC[C@@H]1c2coc3c4c(cc(c23)O[C@]1(C)CCC=C(C)C)C(=O)N([C@@H](CCC(=O)O)C(=O)O)C4. The van der Waals surface area contributed by atoms with E-state index in [1.165, 1.54) is 10.5 Å². The number of carbonyl (C=O) groups is 4. The van der Waals surface area contributed by atoms with Crippen molar-refractivity contribution in [2.24, 2.45) is 0 Å². The first-order valence-electron chi connectivity index (χ1n) is 12.6. The van der Waals surface area contributed by atoms with Crippen LogP contribution in [0.1, 0.15) is 93.6 Å². The van der Waals surface area contributed by atoms with Crippen LogP contribution in [0.5, 0.6) is 5.75 Å². The van der Waals surface area contributed by atoms with Crippen LogP contribution < -0.4 is 4.74 Å². The molecular weight excluding hydrogens is 478 g/mol. The molecule has 1 aromatic heterocycles. The molecule has 3 heterocycles. The fraction of sp³-hybridized carbons (Fsp3) is 0.500. The van der Waals surface area contributed by atoms with E-state index in [0.29, 0.717) is 41.7 Å². The van der Waals surface area contributed by atoms with Gasteiger partial charge in [-0.15, -0.1) is 0 Å². The van der Waals surface area contributed by atoms with Gasteiger partial charge in [-0.05, 0) is 59.4 Å². The molecule has 0 fully saturated rings. The number of fused-ring (bicyclic) bond motifs is 2. The number of amides is 1. The van der Waals surface area contributed by atoms with Crippen LogP contribution in [-0.4, -0.2) is 50.4 Å². The number of Topliss-reactive ketones (excluding diaryl/α,β-unsaturated/α-hetero) is 1. The minimum absolute atomic E-state index is 0.00440. The van der Waals surface area contributed by atoms with E-state index in [-0.39, 0.29) is 31.1 Å². The van der Waals surface area contributed by atoms with Crippen LogP contribution in [0.2, 0.25) is 0 Å². The molecule has 2 N–H and O–H groups in total. The lowest BCUT2D eigenvalue weighted by Gasteiger charge is -2.41. The van der Waals surface area contributed by atoms with Crippen molar-refractivity contribution < 1.29 is 38.5 Å². The molecule has 0 spiro atoms. The van der Waals surface area contributed by atoms with Gasteiger partial charge in [-0.1, -0.05) is 11.6 Å². The van der Waals surface area contributed by atoms with Crippen LogP contribution in [-0.2, 0) is 20.9 Å². The fourth-order valence-electron chi connectivity index (χ4n) is 5.60. The number of allylic oxidation sites excluding steroid dienone is 2. The van der Waals surface area contributed by atoms with Crippen molar-refractivity contribution in [3.8, 4) is 5.75 Å². The Labute approximate surface area is 215 Å². The van der Waals surface area contributed by atoms with E-state index >= 15 is 0 Å². The molecule has 2 aromatic rings. The minimum Gasteiger partial charge on any atom is -0.486 e. The second kappa shape index (κ2) is 10.0. The lowest BCUT2D eigenvalue weighted by atomic mass is 9.75. The van der Waals surface area contributed by atoms with Crippen molar-refractivity contribution in [1.29, 1.82) is 0 Å². The summed E-state index contributed by atoms with van der Waals surface area (Å²) in [6.45, 7) is 7.66. The van der Waals surface area contributed by atoms with E-state index in [9.17, 15) is 24.3 Å². The van der Waals surface area contributed by atoms with Gasteiger partial charge in [0.25, 0.3) is 5.91 Å². The quantitative estimate of drug-likeness (QED) is 0.400. The van der Waals surface area contributed by atoms with Gasteiger partial charge in [-0.2, -0.15) is 0 Å². The normalized spacial score (nSPS) is 20.9. The maximum absolute atomic E-state index is 13.3. The summed E-state index contributed by atoms with van der Waals surface area (Å²) in [6.07, 6.45) is 5.72. The smallest absolute Gasteiger partial charge is 0.326 e. The third-order valence-electron chi connectivity index (χ3n) is 7.49. The first-order valence-corrected chi connectivity index (χ1v) is 12.6. The number of rotatable bonds is 11. The predicted octanol–water partition coefficient (Wildman–Crippen LogP) is 5.06. The first kappa shape index (κ1) is 26.4. The number of carboxylic acid groups (broad SMARTS) is 2. The highest BCUT2D eigenvalue weighted by Crippen LogP contribution is 2.52. The zero-order valence-corrected chi connectivity index (χ0v) is 21.6. The third-order valence-corrected chi connectivity index (χ3v) is 7.49. The Kier molecular flexibility index (Phi) is 7.17. The summed E-state index contributed by atoms with van der Waals surface area (Å²) in [5.74, 6) is -2.38. The van der Waals surface area contributed by atoms with Gasteiger partial charge in [0.15, 0.2) is 0 Å². The number of ether oxygens (including phenoxy) is 1. The Balaban J connectivity index is 1.75. The Hall–Kier alpha value is -3.62. The molecule has 0 saturated heterocycles. The second-order valence-electron chi connectivity index (χ2n) is 10.5. The van der Waals surface area contributed by atoms with Gasteiger partial charge >= 0.3 is 11.9 Å². The molecule has 1 aromatic carbocycles. The molecule has 9 nitrogen and oxygen atoms in total. The van der Waals surface area contributed by atoms with E-state index in [2.05, 4.69) is 6.08 Å². The number of ketones is 1. The van der Waals surface area contributed by atoms with Gasteiger partial charge in [-0.25, -0.2) is 4.79 Å². The van der Waals surface area contributed by atoms with Crippen molar-refractivity contribution in [2.45, 2.75) is 90.3 Å². The van der Waals surface area contributed by atoms with Crippen LogP contribution in [0.15, 0.2) is 28.4 Å². The Morgan fingerprint density at radius 3 is 2.57 bits per heavy atom. The maximum Gasteiger partial charge on any atom is 0.326 e. The van der Waals surface area contributed by atoms with Crippen molar-refractivity contribution in [3.05, 3.63) is 40.7 Å². The standard InChI is InChI=1S/C28H33NO8/c1-15(2)6-5-11-28(4)20(8-7-16(3)30)19-14-36-25-18-13-29(21(27(34)35)9-10-23(31)32)26(33)17(18)12-22(37-28)24(19)25/h6,12,14,20-21H,5,7-11,13H2,1-4H3,(H,31,32)(H,34,35)/t20-,21+,28-/m1/s1. The highest BCUT2D eigenvalue weighted by Gasteiger charge is 2.46. The van der Waals surface area contributed by atoms with E-state index in [4.69, 9.17) is 14.3 Å². The number of aliphatic carboxylic acids is 2. The van der Waals surface area contributed by atoms with Crippen LogP contribution >= 0.6 is 0 Å². The van der Waals surface area contributed by atoms with Crippen LogP contribution in [0, 0.1) is 0 Å². The monoisotopic (exact) mass is 511 g/mol. The van der Waals surface area contributed by atoms with Crippen LogP contribution in [0.25, 0.3) is 11.0 Å². The Morgan fingerprint density at radius 1 is 1.22 bits per heavy atom. The molecular formula is C28H33NO8. The zero-order chi connectivity index (χ0) is 27.1. The van der Waals surface area contributed by atoms with Gasteiger partial charge in [0.2, 0.25) is 0 Å². The number of hydrogen-bond donors (Lipinski definition) is 2. The number of carbonyl (C=O) groups excluding carboxylic acids is 2. The molecule has 9 heteroatoms. The fourth-order valence-corrected chi connectivity index (χ4v) is 5.60. The van der Waals surface area contributed by atoms with E-state index in [1.54, 1.807) is 19.3 Å². The summed E-state index contributed by atoms with van der Waals surface area (Å²) in [6, 6.07) is 0.391. The topological polar surface area (TPSA) is 134 Å². The Bertz CT molecular complexity index is 1300.